The van der Waals surface area contributed by atoms with Gasteiger partial charge in [-0.15, -0.1) is 0 Å². The van der Waals surface area contributed by atoms with E-state index in [9.17, 15) is 0 Å². The minimum Gasteiger partial charge on any atom is -0.388 e. The van der Waals surface area contributed by atoms with Crippen LogP contribution < -0.4 is 11.1 Å². The molecule has 0 spiro atoms. The lowest BCUT2D eigenvalue weighted by atomic mass is 10.1. The molecule has 0 aliphatic rings. The first kappa shape index (κ1) is 12.8. The van der Waals surface area contributed by atoms with Gasteiger partial charge < -0.3 is 11.1 Å². The lowest BCUT2D eigenvalue weighted by molar-refractivity contribution is 0.591. The molecule has 0 aliphatic heterocycles. The number of thiocarbonyl (C=S) groups is 1. The second-order valence-corrected chi connectivity index (χ2v) is 4.42. The molecule has 4 nitrogen and oxygen atoms in total. The molecular formula is C11H18N4S. The summed E-state index contributed by atoms with van der Waals surface area (Å²) in [4.78, 5) is 8.84. The monoisotopic (exact) mass is 238 g/mol. The van der Waals surface area contributed by atoms with E-state index in [2.05, 4.69) is 29.1 Å². The highest BCUT2D eigenvalue weighted by molar-refractivity contribution is 7.80. The van der Waals surface area contributed by atoms with Crippen LogP contribution in [0.3, 0.4) is 0 Å². The summed E-state index contributed by atoms with van der Waals surface area (Å²) in [6.07, 6.45) is 1.13. The Morgan fingerprint density at radius 2 is 2.25 bits per heavy atom. The van der Waals surface area contributed by atoms with Gasteiger partial charge in [0, 0.05) is 12.2 Å². The highest BCUT2D eigenvalue weighted by Crippen LogP contribution is 2.07. The average Bonchev–Trinajstić information content (AvgIpc) is 2.25. The topological polar surface area (TPSA) is 63.8 Å². The van der Waals surface area contributed by atoms with Gasteiger partial charge in [-0.3, -0.25) is 0 Å². The van der Waals surface area contributed by atoms with E-state index >= 15 is 0 Å². The van der Waals surface area contributed by atoms with Gasteiger partial charge in [0.1, 0.15) is 10.7 Å². The van der Waals surface area contributed by atoms with Crippen molar-refractivity contribution in [1.82, 2.24) is 9.97 Å². The van der Waals surface area contributed by atoms with Crippen LogP contribution in [0.25, 0.3) is 0 Å². The molecule has 1 rings (SSSR count). The smallest absolute Gasteiger partial charge is 0.223 e. The SMILES string of the molecule is CCC(C)CNc1nc(C)cc(C(N)=S)n1. The van der Waals surface area contributed by atoms with E-state index in [-0.39, 0.29) is 0 Å². The predicted octanol–water partition coefficient (Wildman–Crippen LogP) is 1.88. The maximum Gasteiger partial charge on any atom is 0.223 e. The van der Waals surface area contributed by atoms with Crippen molar-refractivity contribution < 1.29 is 0 Å². The fourth-order valence-corrected chi connectivity index (χ4v) is 1.29. The van der Waals surface area contributed by atoms with Gasteiger partial charge in [0.2, 0.25) is 5.95 Å². The third kappa shape index (κ3) is 3.73. The van der Waals surface area contributed by atoms with Gasteiger partial charge in [-0.1, -0.05) is 32.5 Å². The Bertz CT molecular complexity index is 378. The second kappa shape index (κ2) is 5.75. The highest BCUT2D eigenvalue weighted by atomic mass is 32.1. The Morgan fingerprint density at radius 1 is 1.56 bits per heavy atom. The van der Waals surface area contributed by atoms with Crippen molar-refractivity contribution in [2.75, 3.05) is 11.9 Å². The summed E-state index contributed by atoms with van der Waals surface area (Å²) in [7, 11) is 0. The Labute approximate surface area is 102 Å². The summed E-state index contributed by atoms with van der Waals surface area (Å²) in [6, 6.07) is 1.79. The van der Waals surface area contributed by atoms with Gasteiger partial charge in [-0.25, -0.2) is 9.97 Å². The molecule has 0 aliphatic carbocycles. The van der Waals surface area contributed by atoms with Crippen molar-refractivity contribution in [3.05, 3.63) is 17.5 Å². The van der Waals surface area contributed by atoms with Crippen molar-refractivity contribution in [3.63, 3.8) is 0 Å². The number of anilines is 1. The first-order valence-corrected chi connectivity index (χ1v) is 5.83. The lowest BCUT2D eigenvalue weighted by Gasteiger charge is -2.11. The van der Waals surface area contributed by atoms with E-state index in [1.807, 2.05) is 6.92 Å². The van der Waals surface area contributed by atoms with Crippen molar-refractivity contribution in [1.29, 1.82) is 0 Å². The van der Waals surface area contributed by atoms with Crippen LogP contribution in [0.4, 0.5) is 5.95 Å². The van der Waals surface area contributed by atoms with Crippen molar-refractivity contribution in [3.8, 4) is 0 Å². The minimum atomic E-state index is 0.303. The van der Waals surface area contributed by atoms with Gasteiger partial charge in [0.15, 0.2) is 0 Å². The molecule has 0 aromatic carbocycles. The molecule has 0 saturated carbocycles. The third-order valence-corrected chi connectivity index (χ3v) is 2.62. The van der Waals surface area contributed by atoms with Crippen LogP contribution in [-0.2, 0) is 0 Å². The van der Waals surface area contributed by atoms with E-state index in [1.54, 1.807) is 6.07 Å². The van der Waals surface area contributed by atoms with Crippen LogP contribution in [0.2, 0.25) is 0 Å². The molecule has 1 heterocycles. The zero-order valence-electron chi connectivity index (χ0n) is 9.95. The molecule has 88 valence electrons. The first-order chi connectivity index (χ1) is 7.52. The maximum atomic E-state index is 5.55. The van der Waals surface area contributed by atoms with Crippen molar-refractivity contribution in [2.45, 2.75) is 27.2 Å². The highest BCUT2D eigenvalue weighted by Gasteiger charge is 2.05. The van der Waals surface area contributed by atoms with Gasteiger partial charge in [-0.05, 0) is 18.9 Å². The molecule has 0 radical (unpaired) electrons. The lowest BCUT2D eigenvalue weighted by Crippen LogP contribution is -2.17. The Hall–Kier alpha value is -1.23. The third-order valence-electron chi connectivity index (χ3n) is 2.41. The van der Waals surface area contributed by atoms with Crippen LogP contribution in [-0.4, -0.2) is 21.5 Å². The molecule has 0 fully saturated rings. The van der Waals surface area contributed by atoms with Crippen LogP contribution >= 0.6 is 12.2 Å². The summed E-state index contributed by atoms with van der Waals surface area (Å²) in [5.41, 5.74) is 7.03. The summed E-state index contributed by atoms with van der Waals surface area (Å²) >= 11 is 4.90. The molecule has 5 heteroatoms. The van der Waals surface area contributed by atoms with Gasteiger partial charge in [0.05, 0.1) is 0 Å². The Morgan fingerprint density at radius 3 is 2.81 bits per heavy atom. The Balaban J connectivity index is 2.76. The summed E-state index contributed by atoms with van der Waals surface area (Å²) in [5.74, 6) is 1.19. The molecule has 3 N–H and O–H groups in total. The van der Waals surface area contributed by atoms with E-state index in [4.69, 9.17) is 18.0 Å². The molecule has 0 amide bonds. The van der Waals surface area contributed by atoms with Crippen LogP contribution in [0.1, 0.15) is 31.7 Å². The van der Waals surface area contributed by atoms with E-state index in [1.165, 1.54) is 0 Å². The zero-order chi connectivity index (χ0) is 12.1. The number of aromatic nitrogens is 2. The number of hydrogen-bond acceptors (Lipinski definition) is 4. The molecule has 16 heavy (non-hydrogen) atoms. The molecule has 0 bridgehead atoms. The fourth-order valence-electron chi connectivity index (χ4n) is 1.18. The predicted molar refractivity (Wildman–Crippen MR) is 70.6 cm³/mol. The van der Waals surface area contributed by atoms with Gasteiger partial charge in [-0.2, -0.15) is 0 Å². The molecule has 1 aromatic heterocycles. The normalized spacial score (nSPS) is 12.2. The average molecular weight is 238 g/mol. The van der Waals surface area contributed by atoms with Gasteiger partial charge in [0.25, 0.3) is 0 Å². The molecular weight excluding hydrogens is 220 g/mol. The summed E-state index contributed by atoms with van der Waals surface area (Å²) in [5, 5.41) is 3.19. The van der Waals surface area contributed by atoms with Crippen LogP contribution in [0.5, 0.6) is 0 Å². The quantitative estimate of drug-likeness (QED) is 0.767. The number of nitrogens with two attached hydrogens (primary N) is 1. The number of hydrogen-bond donors (Lipinski definition) is 2. The largest absolute Gasteiger partial charge is 0.388 e. The summed E-state index contributed by atoms with van der Waals surface area (Å²) < 4.78 is 0. The molecule has 0 saturated heterocycles. The number of rotatable bonds is 5. The van der Waals surface area contributed by atoms with Crippen LogP contribution in [0.15, 0.2) is 6.07 Å². The van der Waals surface area contributed by atoms with Crippen molar-refractivity contribution >= 4 is 23.2 Å². The molecule has 1 aromatic rings. The van der Waals surface area contributed by atoms with Crippen molar-refractivity contribution in [2.24, 2.45) is 11.7 Å². The number of nitrogens with zero attached hydrogens (tertiary/aromatic N) is 2. The maximum absolute atomic E-state index is 5.55. The van der Waals surface area contributed by atoms with E-state index in [0.29, 0.717) is 22.5 Å². The first-order valence-electron chi connectivity index (χ1n) is 5.42. The second-order valence-electron chi connectivity index (χ2n) is 3.98. The minimum absolute atomic E-state index is 0.303. The molecule has 1 unspecified atom stereocenters. The zero-order valence-corrected chi connectivity index (χ0v) is 10.8. The fraction of sp³-hybridized carbons (Fsp3) is 0.545. The number of nitrogens with one attached hydrogen (secondary N) is 1. The van der Waals surface area contributed by atoms with Gasteiger partial charge >= 0.3 is 0 Å². The van der Waals surface area contributed by atoms with E-state index < -0.39 is 0 Å². The standard InChI is InChI=1S/C11H18N4S/c1-4-7(2)6-13-11-14-8(3)5-9(15-11)10(12)16/h5,7H,4,6H2,1-3H3,(H2,12,16)(H,13,14,15). The molecule has 1 atom stereocenters. The Kier molecular flexibility index (Phi) is 4.61. The number of aryl methyl sites for hydroxylation is 1. The van der Waals surface area contributed by atoms with Crippen LogP contribution in [0, 0.1) is 12.8 Å². The van der Waals surface area contributed by atoms with E-state index in [0.717, 1.165) is 18.7 Å². The summed E-state index contributed by atoms with van der Waals surface area (Å²) in [6.45, 7) is 7.09.